The fourth-order valence-electron chi connectivity index (χ4n) is 3.50. The summed E-state index contributed by atoms with van der Waals surface area (Å²) in [5.41, 5.74) is 4.21. The first kappa shape index (κ1) is 19.8. The number of rotatable bonds is 6. The van der Waals surface area contributed by atoms with Crippen LogP contribution in [0.2, 0.25) is 0 Å². The Morgan fingerprint density at radius 2 is 1.57 bits per heavy atom. The van der Waals surface area contributed by atoms with E-state index in [1.165, 1.54) is 23.3 Å². The molecule has 3 aromatic rings. The Labute approximate surface area is 174 Å². The Morgan fingerprint density at radius 1 is 0.933 bits per heavy atom. The highest BCUT2D eigenvalue weighted by atomic mass is 19.1. The zero-order valence-corrected chi connectivity index (χ0v) is 16.8. The average Bonchev–Trinajstić information content (AvgIpc) is 3.56. The molecule has 0 unspecified atom stereocenters. The van der Waals surface area contributed by atoms with Crippen LogP contribution >= 0.6 is 0 Å². The normalized spacial score (nSPS) is 18.0. The van der Waals surface area contributed by atoms with E-state index in [-0.39, 0.29) is 11.7 Å². The number of ether oxygens (including phenoxy) is 1. The van der Waals surface area contributed by atoms with E-state index in [1.54, 1.807) is 43.5 Å². The van der Waals surface area contributed by atoms with Gasteiger partial charge in [0.2, 0.25) is 0 Å². The Kier molecular flexibility index (Phi) is 5.61. The van der Waals surface area contributed by atoms with Gasteiger partial charge in [-0.1, -0.05) is 47.1 Å². The van der Waals surface area contributed by atoms with E-state index >= 15 is 0 Å². The van der Waals surface area contributed by atoms with Gasteiger partial charge in [-0.2, -0.15) is 0 Å². The Bertz CT molecular complexity index is 1060. The van der Waals surface area contributed by atoms with E-state index in [1.807, 2.05) is 0 Å². The highest BCUT2D eigenvalue weighted by molar-refractivity contribution is 6.04. The van der Waals surface area contributed by atoms with Crippen LogP contribution in [-0.4, -0.2) is 18.8 Å². The molecule has 0 aromatic heterocycles. The second-order valence-corrected chi connectivity index (χ2v) is 7.45. The largest absolute Gasteiger partial charge is 0.497 e. The first-order valence-corrected chi connectivity index (χ1v) is 9.81. The van der Waals surface area contributed by atoms with Gasteiger partial charge in [0.15, 0.2) is 0 Å². The molecular formula is C25H22FNO3. The van der Waals surface area contributed by atoms with E-state index in [0.717, 1.165) is 12.0 Å². The minimum absolute atomic E-state index is 0.113. The van der Waals surface area contributed by atoms with E-state index in [4.69, 9.17) is 9.57 Å². The number of hydrogen-bond acceptors (Lipinski definition) is 4. The molecule has 0 spiro atoms. The van der Waals surface area contributed by atoms with Crippen molar-refractivity contribution in [1.29, 1.82) is 0 Å². The van der Waals surface area contributed by atoms with Gasteiger partial charge < -0.3 is 9.57 Å². The lowest BCUT2D eigenvalue weighted by Gasteiger charge is -2.08. The van der Waals surface area contributed by atoms with Crippen molar-refractivity contribution in [3.8, 4) is 5.75 Å². The first-order valence-electron chi connectivity index (χ1n) is 9.81. The van der Waals surface area contributed by atoms with E-state index < -0.39 is 5.97 Å². The molecule has 0 amide bonds. The van der Waals surface area contributed by atoms with Crippen LogP contribution in [0.15, 0.2) is 78.0 Å². The summed E-state index contributed by atoms with van der Waals surface area (Å²) in [5, 5.41) is 4.21. The maximum Gasteiger partial charge on any atom is 0.365 e. The quantitative estimate of drug-likeness (QED) is 0.310. The summed E-state index contributed by atoms with van der Waals surface area (Å²) in [6.45, 7) is 2.05. The third kappa shape index (κ3) is 4.40. The second kappa shape index (κ2) is 8.49. The number of carbonyl (C=O) groups excluding carboxylic acids is 1. The van der Waals surface area contributed by atoms with E-state index in [2.05, 4.69) is 36.3 Å². The van der Waals surface area contributed by atoms with Crippen LogP contribution < -0.4 is 4.74 Å². The fourth-order valence-corrected chi connectivity index (χ4v) is 3.50. The number of hydrogen-bond donors (Lipinski definition) is 0. The molecule has 1 aliphatic rings. The molecule has 2 atom stereocenters. The van der Waals surface area contributed by atoms with Gasteiger partial charge in [0.05, 0.1) is 18.4 Å². The Hall–Kier alpha value is -3.47. The highest BCUT2D eigenvalue weighted by Crippen LogP contribution is 2.49. The zero-order chi connectivity index (χ0) is 21.1. The molecule has 4 rings (SSSR count). The van der Waals surface area contributed by atoms with Gasteiger partial charge in [0.1, 0.15) is 11.6 Å². The number of oxime groups is 1. The SMILES string of the molecule is COc1ccc(C(=O)O/N=C(/c2ccc(F)cc2)[C@H]2C[C@@H]2c2ccc(C)cc2)cc1. The van der Waals surface area contributed by atoms with Gasteiger partial charge in [-0.05, 0) is 66.8 Å². The van der Waals surface area contributed by atoms with Crippen LogP contribution in [0.1, 0.15) is 39.4 Å². The summed E-state index contributed by atoms with van der Waals surface area (Å²) in [6.07, 6.45) is 0.902. The maximum atomic E-state index is 13.4. The van der Waals surface area contributed by atoms with Crippen molar-refractivity contribution in [2.45, 2.75) is 19.3 Å². The van der Waals surface area contributed by atoms with Crippen LogP contribution in [-0.2, 0) is 4.84 Å². The standard InChI is InChI=1S/C25H22FNO3/c1-16-3-5-17(6-4-16)22-15-23(22)24(18-7-11-20(26)12-8-18)27-30-25(28)19-9-13-21(29-2)14-10-19/h3-14,22-23H,15H2,1-2H3/b27-24-/t22-,23+/m1/s1. The molecule has 5 heteroatoms. The number of halogens is 1. The molecular weight excluding hydrogens is 381 g/mol. The monoisotopic (exact) mass is 403 g/mol. The van der Waals surface area contributed by atoms with E-state index in [9.17, 15) is 9.18 Å². The third-order valence-electron chi connectivity index (χ3n) is 5.34. The molecule has 0 radical (unpaired) electrons. The topological polar surface area (TPSA) is 47.9 Å². The molecule has 0 bridgehead atoms. The average molecular weight is 403 g/mol. The van der Waals surface area contributed by atoms with Gasteiger partial charge in [-0.3, -0.25) is 0 Å². The molecule has 0 saturated heterocycles. The van der Waals surface area contributed by atoms with Gasteiger partial charge in [0, 0.05) is 5.92 Å². The number of carbonyl (C=O) groups is 1. The van der Waals surface area contributed by atoms with Crippen molar-refractivity contribution >= 4 is 11.7 Å². The van der Waals surface area contributed by atoms with Gasteiger partial charge in [-0.15, -0.1) is 0 Å². The van der Waals surface area contributed by atoms with Crippen LogP contribution in [0.5, 0.6) is 5.75 Å². The Balaban J connectivity index is 1.56. The van der Waals surface area contributed by atoms with Crippen molar-refractivity contribution in [1.82, 2.24) is 0 Å². The summed E-state index contributed by atoms with van der Waals surface area (Å²) < 4.78 is 18.5. The van der Waals surface area contributed by atoms with Gasteiger partial charge in [-0.25, -0.2) is 9.18 Å². The molecule has 4 nitrogen and oxygen atoms in total. The first-order chi connectivity index (χ1) is 14.5. The number of aryl methyl sites for hydroxylation is 1. The predicted octanol–water partition coefficient (Wildman–Crippen LogP) is 5.51. The lowest BCUT2D eigenvalue weighted by molar-refractivity contribution is 0.0515. The van der Waals surface area contributed by atoms with Crippen molar-refractivity contribution in [2.24, 2.45) is 11.1 Å². The van der Waals surface area contributed by atoms with Gasteiger partial charge in [0.25, 0.3) is 0 Å². The molecule has 1 fully saturated rings. The molecule has 30 heavy (non-hydrogen) atoms. The molecule has 3 aromatic carbocycles. The molecule has 0 aliphatic heterocycles. The minimum Gasteiger partial charge on any atom is -0.497 e. The highest BCUT2D eigenvalue weighted by Gasteiger charge is 2.43. The Morgan fingerprint density at radius 3 is 2.20 bits per heavy atom. The van der Waals surface area contributed by atoms with Crippen LogP contribution in [0.25, 0.3) is 0 Å². The summed E-state index contributed by atoms with van der Waals surface area (Å²) in [6, 6.07) is 21.1. The third-order valence-corrected chi connectivity index (χ3v) is 5.34. The minimum atomic E-state index is -0.551. The molecule has 1 aliphatic carbocycles. The summed E-state index contributed by atoms with van der Waals surface area (Å²) in [5.74, 6) is 0.195. The number of methoxy groups -OCH3 is 1. The number of nitrogens with zero attached hydrogens (tertiary/aromatic N) is 1. The zero-order valence-electron chi connectivity index (χ0n) is 16.8. The van der Waals surface area contributed by atoms with Crippen molar-refractivity contribution < 1.29 is 18.8 Å². The fraction of sp³-hybridized carbons (Fsp3) is 0.200. The summed E-state index contributed by atoms with van der Waals surface area (Å²) >= 11 is 0. The smallest absolute Gasteiger partial charge is 0.365 e. The summed E-state index contributed by atoms with van der Waals surface area (Å²) in [4.78, 5) is 17.7. The molecule has 0 N–H and O–H groups in total. The molecule has 152 valence electrons. The van der Waals surface area contributed by atoms with Crippen molar-refractivity contribution in [3.63, 3.8) is 0 Å². The molecule has 1 saturated carbocycles. The van der Waals surface area contributed by atoms with Crippen LogP contribution in [0.4, 0.5) is 4.39 Å². The lowest BCUT2D eigenvalue weighted by Crippen LogP contribution is -2.09. The second-order valence-electron chi connectivity index (χ2n) is 7.45. The lowest BCUT2D eigenvalue weighted by atomic mass is 10.0. The van der Waals surface area contributed by atoms with Gasteiger partial charge >= 0.3 is 5.97 Å². The van der Waals surface area contributed by atoms with Crippen molar-refractivity contribution in [2.75, 3.05) is 7.11 Å². The maximum absolute atomic E-state index is 13.4. The summed E-state index contributed by atoms with van der Waals surface area (Å²) in [7, 11) is 1.56. The predicted molar refractivity (Wildman–Crippen MR) is 113 cm³/mol. The van der Waals surface area contributed by atoms with E-state index in [0.29, 0.717) is 22.9 Å². The van der Waals surface area contributed by atoms with Crippen LogP contribution in [0.3, 0.4) is 0 Å². The van der Waals surface area contributed by atoms with Crippen LogP contribution in [0, 0.1) is 18.7 Å². The molecule has 0 heterocycles. The number of benzene rings is 3. The van der Waals surface area contributed by atoms with Crippen molar-refractivity contribution in [3.05, 3.63) is 101 Å².